The van der Waals surface area contributed by atoms with Gasteiger partial charge in [0.15, 0.2) is 0 Å². The van der Waals surface area contributed by atoms with E-state index in [-0.39, 0.29) is 0 Å². The number of nitrogens with zero attached hydrogens (tertiary/aromatic N) is 3. The molecule has 0 amide bonds. The van der Waals surface area contributed by atoms with Gasteiger partial charge < -0.3 is 10.2 Å². The lowest BCUT2D eigenvalue weighted by atomic mass is 10.2. The third-order valence-electron chi connectivity index (χ3n) is 2.94. The summed E-state index contributed by atoms with van der Waals surface area (Å²) in [5.74, 6) is 0.823. The molecule has 0 aliphatic rings. The Bertz CT molecular complexity index is 505. The molecule has 0 atom stereocenters. The fraction of sp³-hybridized carbons (Fsp3) is 0.333. The number of hydrogen-bond donors (Lipinski definition) is 1. The molecule has 1 N–H and O–H groups in total. The van der Waals surface area contributed by atoms with Crippen molar-refractivity contribution in [3.05, 3.63) is 47.9 Å². The maximum atomic E-state index is 4.41. The van der Waals surface area contributed by atoms with Gasteiger partial charge in [0.1, 0.15) is 5.82 Å². The molecule has 1 aromatic carbocycles. The molecule has 2 aromatic rings. The Kier molecular flexibility index (Phi) is 4.34. The number of aromatic nitrogens is 2. The van der Waals surface area contributed by atoms with Crippen LogP contribution in [0.25, 0.3) is 0 Å². The van der Waals surface area contributed by atoms with Crippen LogP contribution in [0.5, 0.6) is 0 Å². The van der Waals surface area contributed by atoms with Gasteiger partial charge in [0.2, 0.25) is 0 Å². The van der Waals surface area contributed by atoms with Crippen molar-refractivity contribution in [3.8, 4) is 0 Å². The molecular weight excluding hydrogens is 236 g/mol. The monoisotopic (exact) mass is 256 g/mol. The maximum Gasteiger partial charge on any atom is 0.144 e. The number of benzene rings is 1. The van der Waals surface area contributed by atoms with Crippen LogP contribution in [0, 0.1) is 6.92 Å². The van der Waals surface area contributed by atoms with Crippen molar-refractivity contribution in [2.75, 3.05) is 23.8 Å². The Balaban J connectivity index is 2.01. The Hall–Kier alpha value is -2.10. The van der Waals surface area contributed by atoms with E-state index in [1.54, 1.807) is 6.20 Å². The van der Waals surface area contributed by atoms with Crippen LogP contribution >= 0.6 is 0 Å². The lowest BCUT2D eigenvalue weighted by molar-refractivity contribution is 0.873. The highest BCUT2D eigenvalue weighted by atomic mass is 15.1. The van der Waals surface area contributed by atoms with E-state index in [4.69, 9.17) is 0 Å². The van der Waals surface area contributed by atoms with E-state index in [0.29, 0.717) is 0 Å². The van der Waals surface area contributed by atoms with Crippen LogP contribution in [0.15, 0.2) is 36.7 Å². The van der Waals surface area contributed by atoms with Crippen molar-refractivity contribution in [3.63, 3.8) is 0 Å². The lowest BCUT2D eigenvalue weighted by Gasteiger charge is -2.18. The smallest absolute Gasteiger partial charge is 0.144 e. The molecule has 19 heavy (non-hydrogen) atoms. The number of hydrogen-bond acceptors (Lipinski definition) is 4. The summed E-state index contributed by atoms with van der Waals surface area (Å²) < 4.78 is 0. The van der Waals surface area contributed by atoms with Crippen LogP contribution in [0.4, 0.5) is 11.5 Å². The first-order valence-corrected chi connectivity index (χ1v) is 6.51. The maximum absolute atomic E-state index is 4.41. The van der Waals surface area contributed by atoms with Crippen molar-refractivity contribution >= 4 is 11.5 Å². The van der Waals surface area contributed by atoms with E-state index in [0.717, 1.165) is 24.6 Å². The predicted molar refractivity (Wildman–Crippen MR) is 79.5 cm³/mol. The number of nitrogens with one attached hydrogen (secondary N) is 1. The molecule has 0 saturated heterocycles. The zero-order valence-corrected chi connectivity index (χ0v) is 11.7. The standard InChI is InChI=1S/C15H20N4/c1-4-16-15-10-17-13(9-18-15)11-19(3)14-7-5-12(2)6-8-14/h5-10H,4,11H2,1-3H3,(H,16,18). The number of aryl methyl sites for hydroxylation is 1. The molecule has 0 spiro atoms. The number of rotatable bonds is 5. The summed E-state index contributed by atoms with van der Waals surface area (Å²) in [6.07, 6.45) is 3.60. The molecule has 4 nitrogen and oxygen atoms in total. The summed E-state index contributed by atoms with van der Waals surface area (Å²) in [6, 6.07) is 8.48. The molecule has 0 saturated carbocycles. The highest BCUT2D eigenvalue weighted by molar-refractivity contribution is 5.47. The molecule has 0 aliphatic heterocycles. The van der Waals surface area contributed by atoms with Gasteiger partial charge in [-0.25, -0.2) is 4.98 Å². The highest BCUT2D eigenvalue weighted by Gasteiger charge is 2.03. The van der Waals surface area contributed by atoms with Gasteiger partial charge in [0.25, 0.3) is 0 Å². The quantitative estimate of drug-likeness (QED) is 0.893. The molecule has 0 fully saturated rings. The SMILES string of the molecule is CCNc1cnc(CN(C)c2ccc(C)cc2)cn1. The topological polar surface area (TPSA) is 41.1 Å². The minimum atomic E-state index is 0.752. The second-order valence-electron chi connectivity index (χ2n) is 4.61. The van der Waals surface area contributed by atoms with E-state index < -0.39 is 0 Å². The second-order valence-corrected chi connectivity index (χ2v) is 4.61. The molecule has 0 radical (unpaired) electrons. The fourth-order valence-corrected chi connectivity index (χ4v) is 1.84. The summed E-state index contributed by atoms with van der Waals surface area (Å²) in [6.45, 7) is 5.75. The zero-order chi connectivity index (χ0) is 13.7. The Morgan fingerprint density at radius 1 is 1.11 bits per heavy atom. The first-order chi connectivity index (χ1) is 9.19. The van der Waals surface area contributed by atoms with Crippen molar-refractivity contribution < 1.29 is 0 Å². The largest absolute Gasteiger partial charge is 0.369 e. The van der Waals surface area contributed by atoms with E-state index >= 15 is 0 Å². The molecular formula is C15H20N4. The third-order valence-corrected chi connectivity index (χ3v) is 2.94. The molecule has 0 aliphatic carbocycles. The summed E-state index contributed by atoms with van der Waals surface area (Å²) in [7, 11) is 2.06. The van der Waals surface area contributed by atoms with E-state index in [9.17, 15) is 0 Å². The van der Waals surface area contributed by atoms with E-state index in [1.807, 2.05) is 13.1 Å². The van der Waals surface area contributed by atoms with Gasteiger partial charge in [-0.2, -0.15) is 0 Å². The van der Waals surface area contributed by atoms with Crippen molar-refractivity contribution in [2.24, 2.45) is 0 Å². The van der Waals surface area contributed by atoms with Gasteiger partial charge in [-0.15, -0.1) is 0 Å². The van der Waals surface area contributed by atoms with Crippen LogP contribution in [0.1, 0.15) is 18.2 Å². The predicted octanol–water partition coefficient (Wildman–Crippen LogP) is 2.85. The van der Waals surface area contributed by atoms with E-state index in [2.05, 4.69) is 58.4 Å². The van der Waals surface area contributed by atoms with Crippen molar-refractivity contribution in [2.45, 2.75) is 20.4 Å². The molecule has 2 rings (SSSR count). The van der Waals surface area contributed by atoms with Crippen LogP contribution in [-0.2, 0) is 6.54 Å². The number of anilines is 2. The van der Waals surface area contributed by atoms with Gasteiger partial charge in [-0.05, 0) is 26.0 Å². The molecule has 1 heterocycles. The lowest BCUT2D eigenvalue weighted by Crippen LogP contribution is -2.17. The first-order valence-electron chi connectivity index (χ1n) is 6.51. The average molecular weight is 256 g/mol. The second kappa shape index (κ2) is 6.18. The summed E-state index contributed by atoms with van der Waals surface area (Å²) >= 11 is 0. The van der Waals surface area contributed by atoms with E-state index in [1.165, 1.54) is 11.3 Å². The minimum Gasteiger partial charge on any atom is -0.369 e. The molecule has 100 valence electrons. The zero-order valence-electron chi connectivity index (χ0n) is 11.7. The van der Waals surface area contributed by atoms with Gasteiger partial charge >= 0.3 is 0 Å². The van der Waals surface area contributed by atoms with Crippen LogP contribution < -0.4 is 10.2 Å². The summed E-state index contributed by atoms with van der Waals surface area (Å²) in [4.78, 5) is 10.9. The van der Waals surface area contributed by atoms with Crippen molar-refractivity contribution in [1.29, 1.82) is 0 Å². The van der Waals surface area contributed by atoms with Gasteiger partial charge in [0.05, 0.1) is 24.6 Å². The Labute approximate surface area is 114 Å². The molecule has 4 heteroatoms. The van der Waals surface area contributed by atoms with Gasteiger partial charge in [0, 0.05) is 19.3 Å². The van der Waals surface area contributed by atoms with Crippen molar-refractivity contribution in [1.82, 2.24) is 9.97 Å². The minimum absolute atomic E-state index is 0.752. The van der Waals surface area contributed by atoms with Crippen LogP contribution in [0.3, 0.4) is 0 Å². The molecule has 0 bridgehead atoms. The third kappa shape index (κ3) is 3.68. The Morgan fingerprint density at radius 2 is 1.84 bits per heavy atom. The molecule has 0 unspecified atom stereocenters. The first kappa shape index (κ1) is 13.3. The fourth-order valence-electron chi connectivity index (χ4n) is 1.84. The van der Waals surface area contributed by atoms with Crippen LogP contribution in [0.2, 0.25) is 0 Å². The van der Waals surface area contributed by atoms with Gasteiger partial charge in [-0.3, -0.25) is 4.98 Å². The normalized spacial score (nSPS) is 10.3. The average Bonchev–Trinajstić information content (AvgIpc) is 2.42. The highest BCUT2D eigenvalue weighted by Crippen LogP contribution is 2.15. The van der Waals surface area contributed by atoms with Crippen LogP contribution in [-0.4, -0.2) is 23.6 Å². The van der Waals surface area contributed by atoms with Gasteiger partial charge in [-0.1, -0.05) is 17.7 Å². The Morgan fingerprint density at radius 3 is 2.42 bits per heavy atom. The summed E-state index contributed by atoms with van der Waals surface area (Å²) in [5, 5.41) is 3.14. The summed E-state index contributed by atoms with van der Waals surface area (Å²) in [5.41, 5.74) is 3.42. The molecule has 1 aromatic heterocycles.